The Bertz CT molecular complexity index is 1250. The van der Waals surface area contributed by atoms with Crippen LogP contribution in [0.5, 0.6) is 5.75 Å². The molecule has 3 aliphatic carbocycles. The number of phenols is 1. The van der Waals surface area contributed by atoms with Gasteiger partial charge in [0, 0.05) is 43.9 Å². The molecule has 0 spiro atoms. The van der Waals surface area contributed by atoms with Gasteiger partial charge >= 0.3 is 0 Å². The molecule has 1 aromatic rings. The van der Waals surface area contributed by atoms with Gasteiger partial charge in [-0.1, -0.05) is 0 Å². The highest BCUT2D eigenvalue weighted by atomic mass is 16.5. The van der Waals surface area contributed by atoms with Crippen LogP contribution in [0.3, 0.4) is 0 Å². The number of nitrogens with zero attached hydrogens (tertiary/aromatic N) is 2. The van der Waals surface area contributed by atoms with E-state index in [9.17, 15) is 34.8 Å². The summed E-state index contributed by atoms with van der Waals surface area (Å²) >= 11 is 0. The molecular weight excluding hydrogens is 470 g/mol. The number of primary amides is 1. The largest absolute Gasteiger partial charge is 0.510 e. The number of phenolic OH excluding ortho intramolecular Hbond substituents is 1. The molecule has 0 radical (unpaired) electrons. The number of hydrogen-bond donors (Lipinski definition) is 5. The number of aromatic hydroxyl groups is 1. The van der Waals surface area contributed by atoms with E-state index in [1.54, 1.807) is 39.2 Å². The van der Waals surface area contributed by atoms with Crippen LogP contribution < -0.4 is 10.6 Å². The fourth-order valence-electron chi connectivity index (χ4n) is 6.02. The third-order valence-electron chi connectivity index (χ3n) is 7.56. The van der Waals surface area contributed by atoms with Gasteiger partial charge in [-0.3, -0.25) is 19.3 Å². The van der Waals surface area contributed by atoms with Crippen LogP contribution in [-0.2, 0) is 27.4 Å². The third kappa shape index (κ3) is 3.34. The summed E-state index contributed by atoms with van der Waals surface area (Å²) in [7, 11) is 8.23. The van der Waals surface area contributed by atoms with E-state index in [4.69, 9.17) is 10.5 Å². The first-order valence-electron chi connectivity index (χ1n) is 11.5. The molecule has 6 N–H and O–H groups in total. The summed E-state index contributed by atoms with van der Waals surface area (Å²) < 4.78 is 5.16. The number of benzene rings is 1. The number of ketones is 2. The topological polar surface area (TPSA) is 174 Å². The minimum Gasteiger partial charge on any atom is -0.510 e. The molecule has 194 valence electrons. The van der Waals surface area contributed by atoms with Crippen molar-refractivity contribution in [3.05, 3.63) is 45.4 Å². The lowest BCUT2D eigenvalue weighted by Crippen LogP contribution is -2.63. The maximum atomic E-state index is 13.8. The van der Waals surface area contributed by atoms with Crippen LogP contribution in [0.1, 0.15) is 27.9 Å². The monoisotopic (exact) mass is 501 g/mol. The molecular formula is C25H31N3O8. The van der Waals surface area contributed by atoms with Crippen molar-refractivity contribution in [1.82, 2.24) is 4.90 Å². The molecule has 11 nitrogen and oxygen atoms in total. The van der Waals surface area contributed by atoms with E-state index in [1.807, 2.05) is 0 Å². The van der Waals surface area contributed by atoms with Crippen LogP contribution in [0.4, 0.5) is 5.69 Å². The van der Waals surface area contributed by atoms with Crippen molar-refractivity contribution in [2.75, 3.05) is 40.2 Å². The van der Waals surface area contributed by atoms with Gasteiger partial charge in [0.05, 0.1) is 18.2 Å². The molecule has 1 amide bonds. The number of carbonyl (C=O) groups excluding carboxylic acids is 3. The van der Waals surface area contributed by atoms with Gasteiger partial charge in [-0.25, -0.2) is 0 Å². The lowest BCUT2D eigenvalue weighted by Gasteiger charge is -2.50. The van der Waals surface area contributed by atoms with Crippen molar-refractivity contribution in [3.8, 4) is 5.75 Å². The molecule has 3 aliphatic rings. The molecule has 0 bridgehead atoms. The van der Waals surface area contributed by atoms with Crippen LogP contribution in [0.25, 0.3) is 0 Å². The Morgan fingerprint density at radius 1 is 1.19 bits per heavy atom. The van der Waals surface area contributed by atoms with Gasteiger partial charge in [0.1, 0.15) is 22.8 Å². The smallest absolute Gasteiger partial charge is 0.255 e. The second-order valence-corrected chi connectivity index (χ2v) is 10.0. The van der Waals surface area contributed by atoms with Crippen LogP contribution in [0, 0.1) is 11.8 Å². The van der Waals surface area contributed by atoms with E-state index >= 15 is 0 Å². The predicted molar refractivity (Wildman–Crippen MR) is 129 cm³/mol. The molecule has 0 heterocycles. The Balaban J connectivity index is 1.99. The van der Waals surface area contributed by atoms with Crippen molar-refractivity contribution in [2.45, 2.75) is 31.1 Å². The second-order valence-electron chi connectivity index (χ2n) is 10.0. The lowest BCUT2D eigenvalue weighted by molar-refractivity contribution is -0.148. The van der Waals surface area contributed by atoms with Crippen molar-refractivity contribution < 1.29 is 39.5 Å². The van der Waals surface area contributed by atoms with Gasteiger partial charge in [-0.15, -0.1) is 0 Å². The molecule has 0 fully saturated rings. The number of allylic oxidation sites excluding steroid dienone is 1. The normalized spacial score (nSPS) is 27.7. The number of carbonyl (C=O) groups is 3. The van der Waals surface area contributed by atoms with E-state index in [0.717, 1.165) is 0 Å². The molecule has 4 rings (SSSR count). The SMILES string of the molecule is COCc1cc(N(C)C)c2c(c1O)C(=O)C1=C(O)C3(O)C(=O)C(C(N)=O)=C(O)C(N(C)C)C3CC1C2. The molecule has 0 aromatic heterocycles. The van der Waals surface area contributed by atoms with E-state index < -0.39 is 58.0 Å². The van der Waals surface area contributed by atoms with Gasteiger partial charge in [0.15, 0.2) is 11.4 Å². The summed E-state index contributed by atoms with van der Waals surface area (Å²) in [5.41, 5.74) is 3.25. The molecule has 4 atom stereocenters. The number of aliphatic hydroxyl groups excluding tert-OH is 2. The fourth-order valence-corrected chi connectivity index (χ4v) is 6.02. The van der Waals surface area contributed by atoms with Crippen molar-refractivity contribution in [3.63, 3.8) is 0 Å². The minimum atomic E-state index is -2.66. The molecule has 36 heavy (non-hydrogen) atoms. The van der Waals surface area contributed by atoms with Crippen molar-refractivity contribution in [2.24, 2.45) is 17.6 Å². The highest BCUT2D eigenvalue weighted by Gasteiger charge is 2.63. The first kappa shape index (κ1) is 25.7. The van der Waals surface area contributed by atoms with Crippen LogP contribution in [-0.4, -0.2) is 89.7 Å². The zero-order valence-electron chi connectivity index (χ0n) is 20.8. The highest BCUT2D eigenvalue weighted by Crippen LogP contribution is 2.53. The van der Waals surface area contributed by atoms with E-state index in [2.05, 4.69) is 0 Å². The van der Waals surface area contributed by atoms with E-state index in [0.29, 0.717) is 16.8 Å². The number of amides is 1. The molecule has 0 saturated heterocycles. The molecule has 4 unspecified atom stereocenters. The Hall–Kier alpha value is -3.41. The Morgan fingerprint density at radius 3 is 2.36 bits per heavy atom. The van der Waals surface area contributed by atoms with Crippen LogP contribution >= 0.6 is 0 Å². The van der Waals surface area contributed by atoms with Gasteiger partial charge in [0.25, 0.3) is 5.91 Å². The Morgan fingerprint density at radius 2 is 1.83 bits per heavy atom. The van der Waals surface area contributed by atoms with Crippen LogP contribution in [0.2, 0.25) is 0 Å². The van der Waals surface area contributed by atoms with E-state index in [1.165, 1.54) is 12.0 Å². The zero-order valence-corrected chi connectivity index (χ0v) is 20.8. The summed E-state index contributed by atoms with van der Waals surface area (Å²) in [6.07, 6.45) is 0.266. The van der Waals surface area contributed by atoms with E-state index in [-0.39, 0.29) is 36.3 Å². The van der Waals surface area contributed by atoms with Gasteiger partial charge in [-0.05, 0) is 44.5 Å². The van der Waals surface area contributed by atoms with Crippen molar-refractivity contribution >= 4 is 23.2 Å². The summed E-state index contributed by atoms with van der Waals surface area (Å²) in [4.78, 5) is 42.5. The number of aliphatic hydroxyl groups is 3. The number of fused-ring (bicyclic) bond motifs is 3. The number of likely N-dealkylation sites (N-methyl/N-ethyl adjacent to an activating group) is 1. The quantitative estimate of drug-likeness (QED) is 0.354. The maximum absolute atomic E-state index is 13.8. The standard InChI is InChI=1S/C25H31N3O8/c1-27(2)14-8-11(9-36-5)19(29)16-12(14)6-10-7-13-18(28(3)4)21(31)17(24(26)34)23(33)25(13,35)22(32)15(10)20(16)30/h8,10,13,18,29,31-32,35H,6-7,9H2,1-5H3,(H2,26,34). The maximum Gasteiger partial charge on any atom is 0.255 e. The number of rotatable bonds is 5. The summed E-state index contributed by atoms with van der Waals surface area (Å²) in [5.74, 6) is -6.70. The summed E-state index contributed by atoms with van der Waals surface area (Å²) in [6, 6.07) is 0.709. The van der Waals surface area contributed by atoms with Gasteiger partial charge < -0.3 is 35.8 Å². The third-order valence-corrected chi connectivity index (χ3v) is 7.56. The summed E-state index contributed by atoms with van der Waals surface area (Å²) in [6.45, 7) is 0.0305. The Labute approximate surface area is 208 Å². The number of ether oxygens (including phenoxy) is 1. The summed E-state index contributed by atoms with van der Waals surface area (Å²) in [5, 5.41) is 44.8. The highest BCUT2D eigenvalue weighted by molar-refractivity contribution is 6.24. The zero-order chi connectivity index (χ0) is 26.9. The minimum absolute atomic E-state index is 0.0305. The molecule has 1 aromatic carbocycles. The number of Topliss-reactive ketones (excluding diaryl/α,β-unsaturated/α-hetero) is 2. The number of nitrogens with two attached hydrogens (primary N) is 1. The average Bonchev–Trinajstić information content (AvgIpc) is 2.77. The fraction of sp³-hybridized carbons (Fsp3) is 0.480. The number of anilines is 1. The first-order valence-corrected chi connectivity index (χ1v) is 11.5. The molecule has 0 aliphatic heterocycles. The molecule has 11 heteroatoms. The number of methoxy groups -OCH3 is 1. The number of hydrogen-bond acceptors (Lipinski definition) is 10. The van der Waals surface area contributed by atoms with Crippen LogP contribution in [0.15, 0.2) is 28.7 Å². The predicted octanol–water partition coefficient (Wildman–Crippen LogP) is 0.333. The average molecular weight is 502 g/mol. The van der Waals surface area contributed by atoms with Gasteiger partial charge in [-0.2, -0.15) is 0 Å². The Kier molecular flexibility index (Phi) is 6.14. The van der Waals surface area contributed by atoms with Gasteiger partial charge in [0.2, 0.25) is 5.78 Å². The first-order chi connectivity index (χ1) is 16.8. The second kappa shape index (κ2) is 8.61. The van der Waals surface area contributed by atoms with Crippen molar-refractivity contribution in [1.29, 1.82) is 0 Å². The lowest BCUT2D eigenvalue weighted by atomic mass is 9.58. The molecule has 0 saturated carbocycles.